The Bertz CT molecular complexity index is 392. The minimum atomic E-state index is 0.270. The fraction of sp³-hybridized carbons (Fsp3) is 0.692. The van der Waals surface area contributed by atoms with Crippen LogP contribution in [0, 0.1) is 13.8 Å². The number of piperidine rings is 1. The average molecular weight is 268 g/mol. The van der Waals surface area contributed by atoms with Gasteiger partial charge in [-0.25, -0.2) is 0 Å². The molecule has 0 radical (unpaired) electrons. The lowest BCUT2D eigenvalue weighted by atomic mass is 10.1. The van der Waals surface area contributed by atoms with E-state index in [0.717, 1.165) is 48.7 Å². The molecular formula is C13H20N2O2S. The monoisotopic (exact) mass is 268 g/mol. The summed E-state index contributed by atoms with van der Waals surface area (Å²) in [5.74, 6) is 2.50. The number of hydrogen-bond acceptors (Lipinski definition) is 4. The van der Waals surface area contributed by atoms with Gasteiger partial charge in [0.25, 0.3) is 0 Å². The van der Waals surface area contributed by atoms with Crippen LogP contribution in [0.15, 0.2) is 4.52 Å². The zero-order valence-corrected chi connectivity index (χ0v) is 11.9. The topological polar surface area (TPSA) is 46.3 Å². The van der Waals surface area contributed by atoms with E-state index in [2.05, 4.69) is 5.16 Å². The van der Waals surface area contributed by atoms with E-state index < -0.39 is 0 Å². The first-order valence-electron chi connectivity index (χ1n) is 6.45. The van der Waals surface area contributed by atoms with Crippen LogP contribution in [0.25, 0.3) is 0 Å². The molecule has 0 spiro atoms. The summed E-state index contributed by atoms with van der Waals surface area (Å²) in [6.45, 7) is 5.73. The van der Waals surface area contributed by atoms with Crippen LogP contribution in [0.3, 0.4) is 0 Å². The minimum absolute atomic E-state index is 0.270. The number of likely N-dealkylation sites (tertiary alicyclic amines) is 1. The molecule has 18 heavy (non-hydrogen) atoms. The largest absolute Gasteiger partial charge is 0.361 e. The van der Waals surface area contributed by atoms with Crippen molar-refractivity contribution in [3.63, 3.8) is 0 Å². The molecule has 0 N–H and O–H groups in total. The first-order valence-corrected chi connectivity index (χ1v) is 7.61. The number of nitrogens with zero attached hydrogens (tertiary/aromatic N) is 2. The maximum Gasteiger partial charge on any atom is 0.232 e. The smallest absolute Gasteiger partial charge is 0.232 e. The van der Waals surface area contributed by atoms with Crippen molar-refractivity contribution in [1.29, 1.82) is 0 Å². The summed E-state index contributed by atoms with van der Waals surface area (Å²) >= 11 is 1.65. The molecule has 0 saturated carbocycles. The van der Waals surface area contributed by atoms with Gasteiger partial charge in [-0.1, -0.05) is 5.16 Å². The van der Waals surface area contributed by atoms with Crippen LogP contribution in [0.5, 0.6) is 0 Å². The van der Waals surface area contributed by atoms with Gasteiger partial charge in [0.15, 0.2) is 0 Å². The molecule has 2 heterocycles. The maximum atomic E-state index is 12.0. The molecule has 2 rings (SSSR count). The predicted molar refractivity (Wildman–Crippen MR) is 72.6 cm³/mol. The fourth-order valence-electron chi connectivity index (χ4n) is 2.18. The number of aromatic nitrogens is 1. The summed E-state index contributed by atoms with van der Waals surface area (Å²) in [6.07, 6.45) is 3.57. The lowest BCUT2D eigenvalue weighted by molar-refractivity contribution is -0.129. The van der Waals surface area contributed by atoms with Crippen molar-refractivity contribution in [3.8, 4) is 0 Å². The number of thioether (sulfide) groups is 1. The average Bonchev–Trinajstić information content (AvgIpc) is 2.71. The predicted octanol–water partition coefficient (Wildman–Crippen LogP) is 2.54. The van der Waals surface area contributed by atoms with Gasteiger partial charge in [0.05, 0.1) is 11.4 Å². The number of aryl methyl sites for hydroxylation is 2. The number of hydrogen-bond donors (Lipinski definition) is 0. The first kappa shape index (κ1) is 13.5. The van der Waals surface area contributed by atoms with Crippen LogP contribution in [-0.2, 0) is 10.5 Å². The van der Waals surface area contributed by atoms with Crippen LogP contribution >= 0.6 is 11.8 Å². The highest BCUT2D eigenvalue weighted by molar-refractivity contribution is 7.99. The second kappa shape index (κ2) is 6.27. The van der Waals surface area contributed by atoms with Crippen LogP contribution in [0.1, 0.15) is 36.3 Å². The van der Waals surface area contributed by atoms with Gasteiger partial charge in [-0.3, -0.25) is 4.79 Å². The third-order valence-electron chi connectivity index (χ3n) is 3.36. The molecule has 100 valence electrons. The Morgan fingerprint density at radius 1 is 1.33 bits per heavy atom. The molecule has 0 bridgehead atoms. The third kappa shape index (κ3) is 3.28. The SMILES string of the molecule is Cc1noc(C)c1CSCC(=O)N1CCCCC1. The van der Waals surface area contributed by atoms with Gasteiger partial charge in [0, 0.05) is 24.4 Å². The molecule has 0 aromatic carbocycles. The van der Waals surface area contributed by atoms with Gasteiger partial charge in [-0.05, 0) is 33.1 Å². The van der Waals surface area contributed by atoms with Crippen LogP contribution < -0.4 is 0 Å². The van der Waals surface area contributed by atoms with Gasteiger partial charge < -0.3 is 9.42 Å². The Hall–Kier alpha value is -0.970. The zero-order chi connectivity index (χ0) is 13.0. The summed E-state index contributed by atoms with van der Waals surface area (Å²) in [7, 11) is 0. The van der Waals surface area contributed by atoms with Gasteiger partial charge in [-0.15, -0.1) is 11.8 Å². The summed E-state index contributed by atoms with van der Waals surface area (Å²) < 4.78 is 5.11. The van der Waals surface area contributed by atoms with E-state index in [1.54, 1.807) is 11.8 Å². The molecule has 1 fully saturated rings. The highest BCUT2D eigenvalue weighted by Gasteiger charge is 2.17. The Balaban J connectivity index is 1.76. The third-order valence-corrected chi connectivity index (χ3v) is 4.31. The van der Waals surface area contributed by atoms with Gasteiger partial charge in [0.2, 0.25) is 5.91 Å². The number of amides is 1. The van der Waals surface area contributed by atoms with Gasteiger partial charge in [0.1, 0.15) is 5.76 Å². The van der Waals surface area contributed by atoms with Crippen molar-refractivity contribution in [2.24, 2.45) is 0 Å². The Morgan fingerprint density at radius 3 is 2.67 bits per heavy atom. The molecule has 1 aromatic heterocycles. The van der Waals surface area contributed by atoms with E-state index in [1.807, 2.05) is 18.7 Å². The number of carbonyl (C=O) groups excluding carboxylic acids is 1. The lowest BCUT2D eigenvalue weighted by Gasteiger charge is -2.26. The van der Waals surface area contributed by atoms with Crippen molar-refractivity contribution in [1.82, 2.24) is 10.1 Å². The fourth-order valence-corrected chi connectivity index (χ4v) is 3.26. The highest BCUT2D eigenvalue weighted by Crippen LogP contribution is 2.20. The van der Waals surface area contributed by atoms with E-state index >= 15 is 0 Å². The van der Waals surface area contributed by atoms with E-state index in [9.17, 15) is 4.79 Å². The maximum absolute atomic E-state index is 12.0. The van der Waals surface area contributed by atoms with Gasteiger partial charge >= 0.3 is 0 Å². The van der Waals surface area contributed by atoms with Gasteiger partial charge in [-0.2, -0.15) is 0 Å². The highest BCUT2D eigenvalue weighted by atomic mass is 32.2. The molecule has 1 saturated heterocycles. The molecule has 0 unspecified atom stereocenters. The summed E-state index contributed by atoms with van der Waals surface area (Å²) in [6, 6.07) is 0. The standard InChI is InChI=1S/C13H20N2O2S/c1-10-12(11(2)17-14-10)8-18-9-13(16)15-6-4-3-5-7-15/h3-9H2,1-2H3. The van der Waals surface area contributed by atoms with Crippen LogP contribution in [-0.4, -0.2) is 34.8 Å². The van der Waals surface area contributed by atoms with Crippen molar-refractivity contribution in [2.45, 2.75) is 38.9 Å². The van der Waals surface area contributed by atoms with Crippen LogP contribution in [0.2, 0.25) is 0 Å². The Kier molecular flexibility index (Phi) is 4.69. The zero-order valence-electron chi connectivity index (χ0n) is 11.1. The van der Waals surface area contributed by atoms with Crippen molar-refractivity contribution >= 4 is 17.7 Å². The summed E-state index contributed by atoms with van der Waals surface area (Å²) in [5.41, 5.74) is 2.07. The van der Waals surface area contributed by atoms with E-state index in [1.165, 1.54) is 6.42 Å². The summed E-state index contributed by atoms with van der Waals surface area (Å²) in [5, 5.41) is 3.92. The first-order chi connectivity index (χ1) is 8.68. The Morgan fingerprint density at radius 2 is 2.06 bits per heavy atom. The van der Waals surface area contributed by atoms with E-state index in [0.29, 0.717) is 5.75 Å². The number of rotatable bonds is 4. The normalized spacial score (nSPS) is 16.0. The quantitative estimate of drug-likeness (QED) is 0.842. The minimum Gasteiger partial charge on any atom is -0.361 e. The molecule has 4 nitrogen and oxygen atoms in total. The molecule has 5 heteroatoms. The van der Waals surface area contributed by atoms with E-state index in [-0.39, 0.29) is 5.91 Å². The molecule has 1 aliphatic heterocycles. The number of carbonyl (C=O) groups is 1. The molecule has 1 aliphatic rings. The van der Waals surface area contributed by atoms with Crippen molar-refractivity contribution in [2.75, 3.05) is 18.8 Å². The molecule has 0 aliphatic carbocycles. The lowest BCUT2D eigenvalue weighted by Crippen LogP contribution is -2.36. The molecule has 0 atom stereocenters. The van der Waals surface area contributed by atoms with Crippen molar-refractivity contribution < 1.29 is 9.32 Å². The van der Waals surface area contributed by atoms with Crippen LogP contribution in [0.4, 0.5) is 0 Å². The molecule has 1 aromatic rings. The second-order valence-electron chi connectivity index (χ2n) is 4.74. The summed E-state index contributed by atoms with van der Waals surface area (Å²) in [4.78, 5) is 14.0. The molecule has 1 amide bonds. The Labute approximate surface area is 112 Å². The second-order valence-corrected chi connectivity index (χ2v) is 5.72. The van der Waals surface area contributed by atoms with Crippen molar-refractivity contribution in [3.05, 3.63) is 17.0 Å². The van der Waals surface area contributed by atoms with E-state index in [4.69, 9.17) is 4.52 Å². The molecular weight excluding hydrogens is 248 g/mol.